The first-order valence-corrected chi connectivity index (χ1v) is 11.8. The number of nitrogens with one attached hydrogen (secondary N) is 2. The van der Waals surface area contributed by atoms with E-state index in [9.17, 15) is 8.42 Å². The van der Waals surface area contributed by atoms with Crippen LogP contribution in [0.25, 0.3) is 0 Å². The predicted octanol–water partition coefficient (Wildman–Crippen LogP) is 2.49. The minimum absolute atomic E-state index is 0. The molecule has 1 atom stereocenters. The third-order valence-electron chi connectivity index (χ3n) is 4.67. The molecule has 0 aliphatic carbocycles. The average Bonchev–Trinajstić information content (AvgIpc) is 2.69. The summed E-state index contributed by atoms with van der Waals surface area (Å²) in [6.45, 7) is 4.79. The van der Waals surface area contributed by atoms with Crippen LogP contribution in [-0.4, -0.2) is 58.8 Å². The second-order valence-corrected chi connectivity index (χ2v) is 9.59. The Kier molecular flexibility index (Phi) is 12.1. The monoisotopic (exact) mass is 539 g/mol. The minimum atomic E-state index is -2.95. The molecule has 1 heterocycles. The van der Waals surface area contributed by atoms with Gasteiger partial charge in [-0.05, 0) is 37.3 Å². The third kappa shape index (κ3) is 11.2. The molecule has 1 aliphatic heterocycles. The van der Waals surface area contributed by atoms with Crippen molar-refractivity contribution in [2.45, 2.75) is 51.5 Å². The fourth-order valence-electron chi connectivity index (χ4n) is 2.89. The Hall–Kier alpha value is -0.910. The predicted molar refractivity (Wildman–Crippen MR) is 128 cm³/mol. The summed E-state index contributed by atoms with van der Waals surface area (Å²) in [6, 6.07) is 8.35. The number of guanidine groups is 1. The number of rotatable bonds is 9. The van der Waals surface area contributed by atoms with Crippen LogP contribution < -0.4 is 10.6 Å². The lowest BCUT2D eigenvalue weighted by Gasteiger charge is -2.22. The summed E-state index contributed by atoms with van der Waals surface area (Å²) in [5.41, 5.74) is 2.30. The van der Waals surface area contributed by atoms with Gasteiger partial charge in [0.05, 0.1) is 18.5 Å². The van der Waals surface area contributed by atoms with Crippen molar-refractivity contribution in [1.82, 2.24) is 10.6 Å². The molecule has 1 saturated heterocycles. The molecule has 1 fully saturated rings. The highest BCUT2D eigenvalue weighted by molar-refractivity contribution is 14.0. The first kappa shape index (κ1) is 26.1. The van der Waals surface area contributed by atoms with Gasteiger partial charge >= 0.3 is 0 Å². The molecule has 166 valence electrons. The Morgan fingerprint density at radius 2 is 1.86 bits per heavy atom. The summed E-state index contributed by atoms with van der Waals surface area (Å²) in [7, 11) is -1.25. The van der Waals surface area contributed by atoms with Gasteiger partial charge in [0.25, 0.3) is 0 Å². The normalized spacial score (nSPS) is 16.7. The molecule has 0 bridgehead atoms. The van der Waals surface area contributed by atoms with Crippen LogP contribution in [0.15, 0.2) is 29.3 Å². The van der Waals surface area contributed by atoms with Gasteiger partial charge in [0.2, 0.25) is 0 Å². The summed E-state index contributed by atoms with van der Waals surface area (Å²) in [5, 5.41) is 6.48. The van der Waals surface area contributed by atoms with Crippen LogP contribution in [0.2, 0.25) is 0 Å². The van der Waals surface area contributed by atoms with Gasteiger partial charge in [-0.2, -0.15) is 0 Å². The third-order valence-corrected chi connectivity index (χ3v) is 5.64. The first-order chi connectivity index (χ1) is 13.4. The van der Waals surface area contributed by atoms with Crippen molar-refractivity contribution >= 4 is 39.8 Å². The van der Waals surface area contributed by atoms with E-state index in [-0.39, 0.29) is 35.8 Å². The summed E-state index contributed by atoms with van der Waals surface area (Å²) in [6.07, 6.45) is 4.04. The number of halogens is 1. The van der Waals surface area contributed by atoms with Crippen molar-refractivity contribution in [2.75, 3.05) is 32.3 Å². The second-order valence-electron chi connectivity index (χ2n) is 7.33. The number of hydrogen-bond donors (Lipinski definition) is 2. The lowest BCUT2D eigenvalue weighted by Crippen LogP contribution is -2.42. The Morgan fingerprint density at radius 3 is 2.45 bits per heavy atom. The Morgan fingerprint density at radius 1 is 1.24 bits per heavy atom. The quantitative estimate of drug-likeness (QED) is 0.285. The molecule has 1 aromatic carbocycles. The summed E-state index contributed by atoms with van der Waals surface area (Å²) < 4.78 is 33.8. The smallest absolute Gasteiger partial charge is 0.191 e. The minimum Gasteiger partial charge on any atom is -0.381 e. The molecule has 0 spiro atoms. The van der Waals surface area contributed by atoms with Crippen LogP contribution in [0.5, 0.6) is 0 Å². The molecule has 2 rings (SSSR count). The van der Waals surface area contributed by atoms with E-state index in [4.69, 9.17) is 9.47 Å². The average molecular weight is 539 g/mol. The lowest BCUT2D eigenvalue weighted by atomic mass is 10.1. The Balaban J connectivity index is 0.00000420. The van der Waals surface area contributed by atoms with Crippen molar-refractivity contribution in [1.29, 1.82) is 0 Å². The van der Waals surface area contributed by atoms with Crippen molar-refractivity contribution < 1.29 is 17.9 Å². The molecule has 0 radical (unpaired) electrons. The summed E-state index contributed by atoms with van der Waals surface area (Å²) in [4.78, 5) is 4.20. The number of hydrogen-bond acceptors (Lipinski definition) is 5. The number of nitrogens with zero attached hydrogens (tertiary/aromatic N) is 1. The molecule has 7 nitrogen and oxygen atoms in total. The zero-order valence-electron chi connectivity index (χ0n) is 17.5. The van der Waals surface area contributed by atoms with E-state index in [1.165, 1.54) is 6.26 Å². The number of ether oxygens (including phenoxy) is 2. The second kappa shape index (κ2) is 13.4. The summed E-state index contributed by atoms with van der Waals surface area (Å²) in [5.74, 6) is 0.822. The topological polar surface area (TPSA) is 89.0 Å². The van der Waals surface area contributed by atoms with Gasteiger partial charge in [0.1, 0.15) is 9.84 Å². The van der Waals surface area contributed by atoms with E-state index < -0.39 is 9.84 Å². The molecule has 0 saturated carbocycles. The van der Waals surface area contributed by atoms with Gasteiger partial charge in [0, 0.05) is 39.1 Å². The van der Waals surface area contributed by atoms with Crippen LogP contribution in [-0.2, 0) is 32.5 Å². The van der Waals surface area contributed by atoms with Gasteiger partial charge in [-0.1, -0.05) is 24.3 Å². The SMILES string of the molecule is CN=C(NCc1ccc(COC2CCOCC2)cc1)NC(C)CCS(C)(=O)=O.I. The highest BCUT2D eigenvalue weighted by atomic mass is 127. The van der Waals surface area contributed by atoms with Gasteiger partial charge in [-0.15, -0.1) is 24.0 Å². The molecule has 2 N–H and O–H groups in total. The number of aliphatic imine (C=N–C) groups is 1. The zero-order valence-corrected chi connectivity index (χ0v) is 20.7. The number of benzene rings is 1. The standard InChI is InChI=1S/C20H33N3O4S.HI/c1-16(10-13-28(3,24)25)23-20(21-2)22-14-17-4-6-18(7-5-17)15-27-19-8-11-26-12-9-19;/h4-7,16,19H,8-15H2,1-3H3,(H2,21,22,23);1H. The lowest BCUT2D eigenvalue weighted by molar-refractivity contribution is -0.0390. The van der Waals surface area contributed by atoms with Crippen LogP contribution in [0, 0.1) is 0 Å². The van der Waals surface area contributed by atoms with Crippen molar-refractivity contribution in [3.8, 4) is 0 Å². The van der Waals surface area contributed by atoms with Crippen LogP contribution in [0.1, 0.15) is 37.3 Å². The fraction of sp³-hybridized carbons (Fsp3) is 0.650. The van der Waals surface area contributed by atoms with Crippen molar-refractivity contribution in [3.05, 3.63) is 35.4 Å². The van der Waals surface area contributed by atoms with Gasteiger partial charge in [-0.25, -0.2) is 8.42 Å². The largest absolute Gasteiger partial charge is 0.381 e. The van der Waals surface area contributed by atoms with E-state index in [2.05, 4.69) is 39.9 Å². The van der Waals surface area contributed by atoms with E-state index in [0.29, 0.717) is 31.6 Å². The Labute approximate surface area is 192 Å². The fourth-order valence-corrected chi connectivity index (χ4v) is 3.67. The highest BCUT2D eigenvalue weighted by Crippen LogP contribution is 2.14. The molecular formula is C20H34IN3O4S. The maximum Gasteiger partial charge on any atom is 0.191 e. The summed E-state index contributed by atoms with van der Waals surface area (Å²) >= 11 is 0. The molecule has 0 amide bonds. The molecular weight excluding hydrogens is 505 g/mol. The van der Waals surface area contributed by atoms with Crippen LogP contribution in [0.3, 0.4) is 0 Å². The highest BCUT2D eigenvalue weighted by Gasteiger charge is 2.14. The maximum absolute atomic E-state index is 11.3. The first-order valence-electron chi connectivity index (χ1n) is 9.78. The molecule has 1 aromatic rings. The maximum atomic E-state index is 11.3. The molecule has 1 aliphatic rings. The van der Waals surface area contributed by atoms with Crippen molar-refractivity contribution in [3.63, 3.8) is 0 Å². The number of sulfone groups is 1. The molecule has 29 heavy (non-hydrogen) atoms. The van der Waals surface area contributed by atoms with E-state index in [1.54, 1.807) is 7.05 Å². The Bertz CT molecular complexity index is 720. The van der Waals surface area contributed by atoms with E-state index >= 15 is 0 Å². The van der Waals surface area contributed by atoms with Gasteiger partial charge < -0.3 is 20.1 Å². The van der Waals surface area contributed by atoms with Gasteiger partial charge in [0.15, 0.2) is 5.96 Å². The molecule has 1 unspecified atom stereocenters. The zero-order chi connectivity index (χ0) is 20.4. The molecule has 9 heteroatoms. The molecule has 0 aromatic heterocycles. The van der Waals surface area contributed by atoms with Crippen molar-refractivity contribution in [2.24, 2.45) is 4.99 Å². The van der Waals surface area contributed by atoms with E-state index in [1.807, 2.05) is 6.92 Å². The van der Waals surface area contributed by atoms with E-state index in [0.717, 1.165) is 37.2 Å². The van der Waals surface area contributed by atoms with Crippen LogP contribution in [0.4, 0.5) is 0 Å². The van der Waals surface area contributed by atoms with Gasteiger partial charge in [-0.3, -0.25) is 4.99 Å². The van der Waals surface area contributed by atoms with Crippen LogP contribution >= 0.6 is 24.0 Å².